The van der Waals surface area contributed by atoms with Gasteiger partial charge in [-0.2, -0.15) is 0 Å². The van der Waals surface area contributed by atoms with Crippen molar-refractivity contribution in [3.8, 4) is 0 Å². The van der Waals surface area contributed by atoms with Crippen molar-refractivity contribution in [3.63, 3.8) is 0 Å². The molecule has 7 heteroatoms. The van der Waals surface area contributed by atoms with Crippen LogP contribution in [0.1, 0.15) is 57.6 Å². The number of nitrogens with zero attached hydrogens (tertiary/aromatic N) is 2. The number of piperazine rings is 1. The maximum Gasteiger partial charge on any atom is 0.410 e. The SMILES string of the molecule is CC(C)(C)OC(=O)N1CCN(CC(=O)O)CC1.NC(CCCc1ccccc1)CCCc1ccccc1. The molecule has 0 aliphatic carbocycles. The number of carbonyl (C=O) groups excluding carboxylic acids is 1. The van der Waals surface area contributed by atoms with Crippen LogP contribution in [0.15, 0.2) is 60.7 Å². The second-order valence-electron chi connectivity index (χ2n) is 10.7. The lowest BCUT2D eigenvalue weighted by Crippen LogP contribution is -2.51. The van der Waals surface area contributed by atoms with Crippen molar-refractivity contribution in [2.75, 3.05) is 32.7 Å². The molecule has 2 aromatic carbocycles. The first-order valence-corrected chi connectivity index (χ1v) is 13.4. The summed E-state index contributed by atoms with van der Waals surface area (Å²) in [5, 5.41) is 8.65. The summed E-state index contributed by atoms with van der Waals surface area (Å²) in [7, 11) is 0. The molecule has 1 saturated heterocycles. The van der Waals surface area contributed by atoms with Gasteiger partial charge in [-0.3, -0.25) is 9.69 Å². The molecule has 37 heavy (non-hydrogen) atoms. The Hall–Kier alpha value is -2.90. The zero-order valence-corrected chi connectivity index (χ0v) is 22.8. The van der Waals surface area contributed by atoms with E-state index in [2.05, 4.69) is 60.7 Å². The van der Waals surface area contributed by atoms with Gasteiger partial charge in [0.05, 0.1) is 6.54 Å². The maximum absolute atomic E-state index is 11.7. The van der Waals surface area contributed by atoms with Crippen LogP contribution in [0.25, 0.3) is 0 Å². The normalized spacial score (nSPS) is 14.1. The van der Waals surface area contributed by atoms with Gasteiger partial charge in [0.2, 0.25) is 0 Å². The van der Waals surface area contributed by atoms with Gasteiger partial charge in [0.1, 0.15) is 5.60 Å². The van der Waals surface area contributed by atoms with Gasteiger partial charge in [-0.15, -0.1) is 0 Å². The van der Waals surface area contributed by atoms with Crippen molar-refractivity contribution in [1.82, 2.24) is 9.80 Å². The zero-order chi connectivity index (χ0) is 27.1. The minimum Gasteiger partial charge on any atom is -0.480 e. The van der Waals surface area contributed by atoms with Crippen LogP contribution in [-0.4, -0.2) is 71.3 Å². The third-order valence-corrected chi connectivity index (χ3v) is 6.15. The Morgan fingerprint density at radius 1 is 0.865 bits per heavy atom. The average Bonchev–Trinajstić information content (AvgIpc) is 2.85. The molecule has 0 bridgehead atoms. The summed E-state index contributed by atoms with van der Waals surface area (Å²) in [5.74, 6) is -0.837. The maximum atomic E-state index is 11.7. The van der Waals surface area contributed by atoms with Crippen LogP contribution in [0.3, 0.4) is 0 Å². The van der Waals surface area contributed by atoms with E-state index in [0.717, 1.165) is 25.7 Å². The molecule has 0 saturated carbocycles. The number of carboxylic acids is 1. The fraction of sp³-hybridized carbons (Fsp3) is 0.533. The van der Waals surface area contributed by atoms with Gasteiger partial charge in [0.15, 0.2) is 0 Å². The summed E-state index contributed by atoms with van der Waals surface area (Å²) < 4.78 is 5.25. The average molecular weight is 512 g/mol. The van der Waals surface area contributed by atoms with E-state index >= 15 is 0 Å². The number of amides is 1. The number of carbonyl (C=O) groups is 2. The summed E-state index contributed by atoms with van der Waals surface area (Å²) in [6.07, 6.45) is 6.60. The highest BCUT2D eigenvalue weighted by Crippen LogP contribution is 2.12. The van der Waals surface area contributed by atoms with E-state index in [-0.39, 0.29) is 12.6 Å². The predicted molar refractivity (Wildman–Crippen MR) is 149 cm³/mol. The van der Waals surface area contributed by atoms with Gasteiger partial charge >= 0.3 is 12.1 Å². The number of ether oxygens (including phenoxy) is 1. The van der Waals surface area contributed by atoms with Gasteiger partial charge < -0.3 is 20.5 Å². The third-order valence-electron chi connectivity index (χ3n) is 6.15. The highest BCUT2D eigenvalue weighted by molar-refractivity contribution is 5.69. The summed E-state index contributed by atoms with van der Waals surface area (Å²) in [6, 6.07) is 21.7. The number of hydrogen-bond acceptors (Lipinski definition) is 5. The van der Waals surface area contributed by atoms with Crippen molar-refractivity contribution >= 4 is 12.1 Å². The van der Waals surface area contributed by atoms with E-state index < -0.39 is 11.6 Å². The second kappa shape index (κ2) is 16.0. The summed E-state index contributed by atoms with van der Waals surface area (Å²) in [5.41, 5.74) is 8.55. The van der Waals surface area contributed by atoms with Crippen LogP contribution in [0, 0.1) is 0 Å². The van der Waals surface area contributed by atoms with E-state index in [0.29, 0.717) is 32.2 Å². The number of hydrogen-bond donors (Lipinski definition) is 2. The molecule has 0 spiro atoms. The van der Waals surface area contributed by atoms with Gasteiger partial charge in [-0.1, -0.05) is 60.7 Å². The molecular weight excluding hydrogens is 466 g/mol. The Bertz CT molecular complexity index is 862. The molecule has 1 aliphatic heterocycles. The standard InChI is InChI=1S/C19H25N.C11H20N2O4/c20-19(15-7-13-17-9-3-1-4-10-17)16-8-14-18-11-5-2-6-12-18;1-11(2,3)17-10(16)13-6-4-12(5-7-13)8-9(14)15/h1-6,9-12,19H,7-8,13-16,20H2;4-8H2,1-3H3,(H,14,15). The van der Waals surface area contributed by atoms with E-state index in [1.54, 1.807) is 4.90 Å². The highest BCUT2D eigenvalue weighted by Gasteiger charge is 2.26. The van der Waals surface area contributed by atoms with Crippen molar-refractivity contribution in [1.29, 1.82) is 0 Å². The molecule has 1 heterocycles. The van der Waals surface area contributed by atoms with Gasteiger partial charge in [0, 0.05) is 32.2 Å². The molecule has 1 aliphatic rings. The van der Waals surface area contributed by atoms with Crippen molar-refractivity contribution < 1.29 is 19.4 Å². The molecule has 2 aromatic rings. The Labute approximate surface area is 222 Å². The van der Waals surface area contributed by atoms with Crippen LogP contribution in [0.5, 0.6) is 0 Å². The summed E-state index contributed by atoms with van der Waals surface area (Å²) in [4.78, 5) is 25.7. The van der Waals surface area contributed by atoms with Crippen LogP contribution in [-0.2, 0) is 22.4 Å². The second-order valence-corrected chi connectivity index (χ2v) is 10.7. The molecule has 1 amide bonds. The highest BCUT2D eigenvalue weighted by atomic mass is 16.6. The Balaban J connectivity index is 0.000000264. The van der Waals surface area contributed by atoms with Crippen molar-refractivity contribution in [2.24, 2.45) is 5.73 Å². The van der Waals surface area contributed by atoms with Crippen LogP contribution >= 0.6 is 0 Å². The lowest BCUT2D eigenvalue weighted by Gasteiger charge is -2.34. The zero-order valence-electron chi connectivity index (χ0n) is 22.8. The largest absolute Gasteiger partial charge is 0.480 e. The molecule has 0 radical (unpaired) electrons. The molecule has 204 valence electrons. The van der Waals surface area contributed by atoms with Crippen molar-refractivity contribution in [3.05, 3.63) is 71.8 Å². The molecule has 0 atom stereocenters. The van der Waals surface area contributed by atoms with Gasteiger partial charge in [-0.25, -0.2) is 4.79 Å². The first kappa shape index (κ1) is 30.3. The summed E-state index contributed by atoms with van der Waals surface area (Å²) in [6.45, 7) is 7.69. The van der Waals surface area contributed by atoms with Gasteiger partial charge in [0.25, 0.3) is 0 Å². The molecule has 7 nitrogen and oxygen atoms in total. The number of aryl methyl sites for hydroxylation is 2. The molecule has 0 unspecified atom stereocenters. The van der Waals surface area contributed by atoms with E-state index in [9.17, 15) is 9.59 Å². The lowest BCUT2D eigenvalue weighted by atomic mass is 10.00. The van der Waals surface area contributed by atoms with Crippen molar-refractivity contribution in [2.45, 2.75) is 70.9 Å². The molecule has 1 fully saturated rings. The Morgan fingerprint density at radius 2 is 1.32 bits per heavy atom. The number of benzene rings is 2. The monoisotopic (exact) mass is 511 g/mol. The Kier molecular flexibility index (Phi) is 13.2. The Morgan fingerprint density at radius 3 is 1.73 bits per heavy atom. The number of nitrogens with two attached hydrogens (primary N) is 1. The van der Waals surface area contributed by atoms with Gasteiger partial charge in [-0.05, 0) is 70.4 Å². The van der Waals surface area contributed by atoms with Crippen LogP contribution < -0.4 is 5.73 Å². The topological polar surface area (TPSA) is 96.1 Å². The first-order chi connectivity index (χ1) is 17.6. The van der Waals surface area contributed by atoms with E-state index in [1.165, 1.54) is 24.0 Å². The van der Waals surface area contributed by atoms with Crippen LogP contribution in [0.2, 0.25) is 0 Å². The molecule has 0 aromatic heterocycles. The molecular formula is C30H45N3O4. The van der Waals surface area contributed by atoms with E-state index in [1.807, 2.05) is 25.7 Å². The predicted octanol–water partition coefficient (Wildman–Crippen LogP) is 4.98. The smallest absolute Gasteiger partial charge is 0.410 e. The quantitative estimate of drug-likeness (QED) is 0.467. The number of carboxylic acid groups (broad SMARTS) is 1. The molecule has 3 N–H and O–H groups in total. The minimum atomic E-state index is -0.837. The van der Waals surface area contributed by atoms with Crippen LogP contribution in [0.4, 0.5) is 4.79 Å². The fourth-order valence-corrected chi connectivity index (χ4v) is 4.18. The minimum absolute atomic E-state index is 0.0299. The third kappa shape index (κ3) is 13.8. The summed E-state index contributed by atoms with van der Waals surface area (Å²) >= 11 is 0. The lowest BCUT2D eigenvalue weighted by molar-refractivity contribution is -0.138. The fourth-order valence-electron chi connectivity index (χ4n) is 4.18. The van der Waals surface area contributed by atoms with E-state index in [4.69, 9.17) is 15.6 Å². The number of rotatable bonds is 10. The number of aliphatic carboxylic acids is 1. The molecule has 3 rings (SSSR count). The first-order valence-electron chi connectivity index (χ1n) is 13.4.